The average Bonchev–Trinajstić information content (AvgIpc) is 2.96. The lowest BCUT2D eigenvalue weighted by molar-refractivity contribution is -0.116. The second-order valence-corrected chi connectivity index (χ2v) is 8.68. The third kappa shape index (κ3) is 3.12. The first kappa shape index (κ1) is 18.5. The predicted molar refractivity (Wildman–Crippen MR) is 100 cm³/mol. The van der Waals surface area contributed by atoms with Crippen LogP contribution in [0.4, 0.5) is 5.69 Å². The fourth-order valence-electron chi connectivity index (χ4n) is 3.43. The van der Waals surface area contributed by atoms with Crippen LogP contribution in [-0.2, 0) is 21.2 Å². The lowest BCUT2D eigenvalue weighted by Crippen LogP contribution is -2.33. The Hall–Kier alpha value is -2.25. The molecule has 6 nitrogen and oxygen atoms in total. The standard InChI is InChI=1S/C19H23N3O3S/c1-13-11-16-12-17(8-9-19(16)22(13)15(3)23)26(24,25)21(4)14(2)18-7-5-6-10-20-18/h5-10,12-14H,11H2,1-4H3. The topological polar surface area (TPSA) is 70.6 Å². The molecule has 3 rings (SSSR count). The third-order valence-electron chi connectivity index (χ3n) is 4.94. The van der Waals surface area contributed by atoms with Gasteiger partial charge in [0.1, 0.15) is 0 Å². The molecular formula is C19H23N3O3S. The van der Waals surface area contributed by atoms with E-state index in [1.807, 2.05) is 26.0 Å². The molecule has 2 unspecified atom stereocenters. The van der Waals surface area contributed by atoms with E-state index in [0.717, 1.165) is 11.3 Å². The smallest absolute Gasteiger partial charge is 0.243 e. The highest BCUT2D eigenvalue weighted by molar-refractivity contribution is 7.89. The van der Waals surface area contributed by atoms with Crippen LogP contribution >= 0.6 is 0 Å². The van der Waals surface area contributed by atoms with Gasteiger partial charge in [0.15, 0.2) is 0 Å². The number of aromatic nitrogens is 1. The number of carbonyl (C=O) groups excluding carboxylic acids is 1. The predicted octanol–water partition coefficient (Wildman–Crippen LogP) is 2.76. The summed E-state index contributed by atoms with van der Waals surface area (Å²) in [4.78, 5) is 18.1. The van der Waals surface area contributed by atoms with E-state index in [-0.39, 0.29) is 22.9 Å². The number of carbonyl (C=O) groups is 1. The molecule has 0 aliphatic carbocycles. The highest BCUT2D eigenvalue weighted by Gasteiger charge is 2.32. The minimum atomic E-state index is -3.67. The molecule has 1 aromatic carbocycles. The molecule has 1 aliphatic rings. The van der Waals surface area contributed by atoms with Gasteiger partial charge in [-0.2, -0.15) is 4.31 Å². The molecule has 1 amide bonds. The van der Waals surface area contributed by atoms with Gasteiger partial charge in [0.2, 0.25) is 15.9 Å². The second kappa shape index (κ2) is 6.81. The van der Waals surface area contributed by atoms with E-state index in [0.29, 0.717) is 12.1 Å². The van der Waals surface area contributed by atoms with Crippen molar-refractivity contribution in [3.8, 4) is 0 Å². The van der Waals surface area contributed by atoms with Gasteiger partial charge in [0, 0.05) is 31.9 Å². The maximum absolute atomic E-state index is 13.1. The van der Waals surface area contributed by atoms with Crippen LogP contribution in [0.25, 0.3) is 0 Å². The molecule has 1 aliphatic heterocycles. The van der Waals surface area contributed by atoms with Crippen LogP contribution in [0, 0.1) is 0 Å². The van der Waals surface area contributed by atoms with Gasteiger partial charge in [-0.15, -0.1) is 0 Å². The fourth-order valence-corrected chi connectivity index (χ4v) is 4.82. The zero-order chi connectivity index (χ0) is 19.1. The van der Waals surface area contributed by atoms with Gasteiger partial charge in [-0.05, 0) is 56.2 Å². The Morgan fingerprint density at radius 1 is 1.31 bits per heavy atom. The number of amides is 1. The van der Waals surface area contributed by atoms with Gasteiger partial charge in [0.05, 0.1) is 16.6 Å². The van der Waals surface area contributed by atoms with E-state index in [9.17, 15) is 13.2 Å². The molecule has 0 fully saturated rings. The number of pyridine rings is 1. The Morgan fingerprint density at radius 3 is 2.65 bits per heavy atom. The maximum atomic E-state index is 13.1. The molecule has 2 atom stereocenters. The van der Waals surface area contributed by atoms with Crippen LogP contribution in [-0.4, -0.2) is 36.7 Å². The van der Waals surface area contributed by atoms with Crippen molar-refractivity contribution >= 4 is 21.6 Å². The zero-order valence-corrected chi connectivity index (χ0v) is 16.2. The molecule has 0 saturated heterocycles. The van der Waals surface area contributed by atoms with Gasteiger partial charge in [-0.3, -0.25) is 9.78 Å². The first-order chi connectivity index (χ1) is 12.2. The summed E-state index contributed by atoms with van der Waals surface area (Å²) < 4.78 is 27.5. The van der Waals surface area contributed by atoms with Gasteiger partial charge < -0.3 is 4.90 Å². The van der Waals surface area contributed by atoms with Crippen molar-refractivity contribution in [3.63, 3.8) is 0 Å². The Morgan fingerprint density at radius 2 is 2.04 bits per heavy atom. The van der Waals surface area contributed by atoms with Crippen LogP contribution in [0.15, 0.2) is 47.5 Å². The summed E-state index contributed by atoms with van der Waals surface area (Å²) in [6.45, 7) is 5.30. The van der Waals surface area contributed by atoms with E-state index in [2.05, 4.69) is 4.98 Å². The Bertz CT molecular complexity index is 928. The summed E-state index contributed by atoms with van der Waals surface area (Å²) in [5.74, 6) is -0.0345. The van der Waals surface area contributed by atoms with E-state index in [1.165, 1.54) is 11.2 Å². The molecule has 0 bridgehead atoms. The molecule has 1 aromatic heterocycles. The molecule has 7 heteroatoms. The minimum absolute atomic E-state index is 0.0330. The summed E-state index contributed by atoms with van der Waals surface area (Å²) >= 11 is 0. The van der Waals surface area contributed by atoms with E-state index in [1.54, 1.807) is 42.4 Å². The van der Waals surface area contributed by atoms with Crippen LogP contribution in [0.5, 0.6) is 0 Å². The molecule has 2 heterocycles. The summed E-state index contributed by atoms with van der Waals surface area (Å²) in [6, 6.07) is 10.1. The van der Waals surface area contributed by atoms with Crippen molar-refractivity contribution in [1.29, 1.82) is 0 Å². The molecule has 0 N–H and O–H groups in total. The van der Waals surface area contributed by atoms with E-state index in [4.69, 9.17) is 0 Å². The van der Waals surface area contributed by atoms with Crippen molar-refractivity contribution < 1.29 is 13.2 Å². The number of fused-ring (bicyclic) bond motifs is 1. The highest BCUT2D eigenvalue weighted by atomic mass is 32.2. The number of sulfonamides is 1. The number of rotatable bonds is 4. The molecule has 26 heavy (non-hydrogen) atoms. The number of hydrogen-bond acceptors (Lipinski definition) is 4. The molecular weight excluding hydrogens is 350 g/mol. The largest absolute Gasteiger partial charge is 0.309 e. The number of anilines is 1. The summed E-state index contributed by atoms with van der Waals surface area (Å²) in [7, 11) is -2.11. The average molecular weight is 373 g/mol. The highest BCUT2D eigenvalue weighted by Crippen LogP contribution is 2.35. The summed E-state index contributed by atoms with van der Waals surface area (Å²) in [5.41, 5.74) is 2.37. The van der Waals surface area contributed by atoms with Crippen molar-refractivity contribution in [2.45, 2.75) is 44.2 Å². The molecule has 0 spiro atoms. The van der Waals surface area contributed by atoms with Crippen molar-refractivity contribution in [3.05, 3.63) is 53.9 Å². The molecule has 2 aromatic rings. The first-order valence-corrected chi connectivity index (χ1v) is 9.99. The maximum Gasteiger partial charge on any atom is 0.243 e. The van der Waals surface area contributed by atoms with Crippen LogP contribution in [0.2, 0.25) is 0 Å². The Balaban J connectivity index is 1.94. The zero-order valence-electron chi connectivity index (χ0n) is 15.4. The Kier molecular flexibility index (Phi) is 4.86. The van der Waals surface area contributed by atoms with Crippen molar-refractivity contribution in [1.82, 2.24) is 9.29 Å². The van der Waals surface area contributed by atoms with Crippen molar-refractivity contribution in [2.75, 3.05) is 11.9 Å². The molecule has 0 radical (unpaired) electrons. The SMILES string of the molecule is CC(=O)N1c2ccc(S(=O)(=O)N(C)C(C)c3ccccn3)cc2CC1C. The Labute approximate surface area is 154 Å². The number of hydrogen-bond donors (Lipinski definition) is 0. The summed E-state index contributed by atoms with van der Waals surface area (Å²) in [5, 5.41) is 0. The van der Waals surface area contributed by atoms with Crippen LogP contribution < -0.4 is 4.90 Å². The minimum Gasteiger partial charge on any atom is -0.309 e. The molecule has 0 saturated carbocycles. The van der Waals surface area contributed by atoms with E-state index >= 15 is 0 Å². The van der Waals surface area contributed by atoms with Gasteiger partial charge in [-0.25, -0.2) is 8.42 Å². The lowest BCUT2D eigenvalue weighted by Gasteiger charge is -2.24. The van der Waals surface area contributed by atoms with Crippen LogP contribution in [0.3, 0.4) is 0 Å². The second-order valence-electron chi connectivity index (χ2n) is 6.68. The molecule has 138 valence electrons. The monoisotopic (exact) mass is 373 g/mol. The van der Waals surface area contributed by atoms with Gasteiger partial charge in [-0.1, -0.05) is 6.07 Å². The summed E-state index contributed by atoms with van der Waals surface area (Å²) in [6.07, 6.45) is 2.30. The normalized spacial score (nSPS) is 18.0. The number of benzene rings is 1. The third-order valence-corrected chi connectivity index (χ3v) is 6.87. The van der Waals surface area contributed by atoms with Crippen LogP contribution in [0.1, 0.15) is 38.1 Å². The fraction of sp³-hybridized carbons (Fsp3) is 0.368. The number of nitrogens with zero attached hydrogens (tertiary/aromatic N) is 3. The van der Waals surface area contributed by atoms with Crippen molar-refractivity contribution in [2.24, 2.45) is 0 Å². The lowest BCUT2D eigenvalue weighted by atomic mass is 10.1. The first-order valence-electron chi connectivity index (χ1n) is 8.55. The van der Waals surface area contributed by atoms with Gasteiger partial charge in [0.25, 0.3) is 0 Å². The van der Waals surface area contributed by atoms with E-state index < -0.39 is 10.0 Å². The quantitative estimate of drug-likeness (QED) is 0.826. The van der Waals surface area contributed by atoms with Gasteiger partial charge >= 0.3 is 0 Å².